The van der Waals surface area contributed by atoms with Crippen LogP contribution in [0.15, 0.2) is 138 Å². The first-order valence-corrected chi connectivity index (χ1v) is 24.1. The highest BCUT2D eigenvalue weighted by Crippen LogP contribution is 2.77. The van der Waals surface area contributed by atoms with Crippen LogP contribution >= 0.6 is 0 Å². The lowest BCUT2D eigenvalue weighted by atomic mass is 9.53. The maximum absolute atomic E-state index is 3.04. The van der Waals surface area contributed by atoms with Crippen LogP contribution in [0.3, 0.4) is 0 Å². The molecule has 57 heavy (non-hydrogen) atoms. The van der Waals surface area contributed by atoms with Gasteiger partial charge in [-0.2, -0.15) is 0 Å². The number of hydrogen-bond acceptors (Lipinski definition) is 2. The van der Waals surface area contributed by atoms with Crippen molar-refractivity contribution in [1.82, 2.24) is 4.90 Å². The van der Waals surface area contributed by atoms with Crippen molar-refractivity contribution in [3.05, 3.63) is 138 Å². The summed E-state index contributed by atoms with van der Waals surface area (Å²) < 4.78 is 0. The summed E-state index contributed by atoms with van der Waals surface area (Å²) in [6.45, 7) is 0. The van der Waals surface area contributed by atoms with Crippen molar-refractivity contribution < 1.29 is 0 Å². The summed E-state index contributed by atoms with van der Waals surface area (Å²) in [4.78, 5) is 5.88. The topological polar surface area (TPSA) is 6.48 Å². The van der Waals surface area contributed by atoms with E-state index in [1.165, 1.54) is 133 Å². The lowest BCUT2D eigenvalue weighted by molar-refractivity contribution is -0.0213. The highest BCUT2D eigenvalue weighted by atomic mass is 15.2. The number of fused-ring (bicyclic) bond motifs is 10. The summed E-state index contributed by atoms with van der Waals surface area (Å²) in [5.41, 5.74) is 9.78. The van der Waals surface area contributed by atoms with Gasteiger partial charge in [-0.1, -0.05) is 104 Å². The minimum atomic E-state index is 0.390. The standard InChI is InChI=1S/C55H68N2/c1-5-19-39(20-6-1)40-21-17-28-44(37-40)57(43-26-11-4-12-27-43)53-34-18-33-51-54(53)48-30-14-16-32-50(48)55(51)49-31-15-13-29-46(49)47-36-35-45(38-52(47)55)56(41-22-7-2-8-23-41)42-24-9-3-10-25-42/h2,4,7-8,11-12,14,16,19,21-22,24,26-27,30,32,34,37,41,45-52,54H,1,3,5-6,9-10,13,15,17-18,20,23,25,28-29,31,33,35-36,38H2. The number of hydrogen-bond donors (Lipinski definition) is 0. The highest BCUT2D eigenvalue weighted by molar-refractivity contribution is 5.62. The first kappa shape index (κ1) is 36.6. The van der Waals surface area contributed by atoms with Gasteiger partial charge in [0, 0.05) is 34.7 Å². The first-order chi connectivity index (χ1) is 28.3. The normalized spacial score (nSPS) is 39.2. The molecule has 11 unspecified atom stereocenters. The number of benzene rings is 1. The van der Waals surface area contributed by atoms with E-state index in [0.29, 0.717) is 35.3 Å². The number of nitrogens with zero attached hydrogens (tertiary/aromatic N) is 2. The first-order valence-electron chi connectivity index (χ1n) is 24.1. The van der Waals surface area contributed by atoms with E-state index < -0.39 is 0 Å². The second-order valence-electron chi connectivity index (χ2n) is 19.9. The van der Waals surface area contributed by atoms with Gasteiger partial charge in [0.2, 0.25) is 0 Å². The maximum atomic E-state index is 3.04. The van der Waals surface area contributed by atoms with Crippen molar-refractivity contribution in [2.75, 3.05) is 4.90 Å². The Hall–Kier alpha value is -3.52. The van der Waals surface area contributed by atoms with Gasteiger partial charge in [-0.3, -0.25) is 0 Å². The minimum Gasteiger partial charge on any atom is -0.365 e. The second-order valence-corrected chi connectivity index (χ2v) is 19.9. The Morgan fingerprint density at radius 1 is 0.596 bits per heavy atom. The van der Waals surface area contributed by atoms with Crippen LogP contribution in [0.4, 0.5) is 5.69 Å². The molecule has 10 aliphatic rings. The van der Waals surface area contributed by atoms with Crippen molar-refractivity contribution >= 4 is 5.69 Å². The van der Waals surface area contributed by atoms with Crippen LogP contribution in [-0.4, -0.2) is 17.0 Å². The third-order valence-corrected chi connectivity index (χ3v) is 17.6. The van der Waals surface area contributed by atoms with Crippen molar-refractivity contribution in [2.24, 2.45) is 52.8 Å². The zero-order valence-corrected chi connectivity index (χ0v) is 34.7. The molecule has 0 aromatic heterocycles. The third kappa shape index (κ3) is 6.15. The van der Waals surface area contributed by atoms with Gasteiger partial charge in [-0.25, -0.2) is 0 Å². The van der Waals surface area contributed by atoms with Gasteiger partial charge < -0.3 is 9.80 Å². The highest BCUT2D eigenvalue weighted by Gasteiger charge is 2.72. The molecule has 10 aliphatic carbocycles. The molecule has 1 aromatic carbocycles. The molecule has 11 rings (SSSR count). The van der Waals surface area contributed by atoms with E-state index in [4.69, 9.17) is 0 Å². The zero-order chi connectivity index (χ0) is 37.8. The molecule has 0 saturated heterocycles. The monoisotopic (exact) mass is 757 g/mol. The Bertz CT molecular complexity index is 1950. The predicted octanol–water partition coefficient (Wildman–Crippen LogP) is 14.1. The second kappa shape index (κ2) is 15.6. The van der Waals surface area contributed by atoms with E-state index in [-0.39, 0.29) is 0 Å². The van der Waals surface area contributed by atoms with Gasteiger partial charge in [0.15, 0.2) is 0 Å². The Kier molecular flexibility index (Phi) is 9.99. The molecule has 298 valence electrons. The Labute approximate surface area is 345 Å². The molecule has 2 nitrogen and oxygen atoms in total. The number of para-hydroxylation sites is 1. The minimum absolute atomic E-state index is 0.390. The summed E-state index contributed by atoms with van der Waals surface area (Å²) in [6, 6.07) is 12.8. The van der Waals surface area contributed by atoms with Gasteiger partial charge in [0.05, 0.1) is 6.04 Å². The Balaban J connectivity index is 1.01. The third-order valence-electron chi connectivity index (χ3n) is 17.6. The fourth-order valence-electron chi connectivity index (χ4n) is 15.8. The quantitative estimate of drug-likeness (QED) is 0.273. The summed E-state index contributed by atoms with van der Waals surface area (Å²) in [6.07, 6.45) is 60.0. The van der Waals surface area contributed by atoms with Crippen LogP contribution in [-0.2, 0) is 0 Å². The van der Waals surface area contributed by atoms with Gasteiger partial charge in [-0.05, 0) is 192 Å². The molecule has 0 amide bonds. The fourth-order valence-corrected chi connectivity index (χ4v) is 15.8. The molecule has 0 bridgehead atoms. The molecule has 11 atom stereocenters. The van der Waals surface area contributed by atoms with E-state index in [1.807, 2.05) is 0 Å². The SMILES string of the molecule is C1=CCC(N(C2=CCCCC2)C2CCC3C4CCCCC4C4(C5C=CC=CC5C5C(N(C6=CC(C7=CCCCC7)=CCC6)c6ccccc6)=CCCC54)C3C2)C=C1. The van der Waals surface area contributed by atoms with E-state index in [9.17, 15) is 0 Å². The number of rotatable bonds is 7. The average molecular weight is 757 g/mol. The van der Waals surface area contributed by atoms with E-state index >= 15 is 0 Å². The number of anilines is 1. The van der Waals surface area contributed by atoms with E-state index in [0.717, 1.165) is 42.4 Å². The molecule has 0 aliphatic heterocycles. The van der Waals surface area contributed by atoms with Crippen LogP contribution in [0, 0.1) is 52.8 Å². The van der Waals surface area contributed by atoms with E-state index in [2.05, 4.69) is 119 Å². The molecule has 0 radical (unpaired) electrons. The summed E-state index contributed by atoms with van der Waals surface area (Å²) in [5, 5.41) is 0. The van der Waals surface area contributed by atoms with Crippen molar-refractivity contribution in [3.63, 3.8) is 0 Å². The van der Waals surface area contributed by atoms with Crippen LogP contribution in [0.25, 0.3) is 0 Å². The van der Waals surface area contributed by atoms with Gasteiger partial charge in [-0.15, -0.1) is 0 Å². The summed E-state index contributed by atoms with van der Waals surface area (Å²) in [5.74, 6) is 6.09. The van der Waals surface area contributed by atoms with Gasteiger partial charge in [0.1, 0.15) is 0 Å². The van der Waals surface area contributed by atoms with Crippen LogP contribution in [0.2, 0.25) is 0 Å². The molecule has 4 fully saturated rings. The molecular formula is C55H68N2. The Morgan fingerprint density at radius 2 is 1.44 bits per heavy atom. The van der Waals surface area contributed by atoms with Gasteiger partial charge in [0.25, 0.3) is 0 Å². The Morgan fingerprint density at radius 3 is 2.28 bits per heavy atom. The van der Waals surface area contributed by atoms with Crippen molar-refractivity contribution in [3.8, 4) is 0 Å². The smallest absolute Gasteiger partial charge is 0.0510 e. The zero-order valence-electron chi connectivity index (χ0n) is 34.7. The van der Waals surface area contributed by atoms with Crippen LogP contribution in [0.5, 0.6) is 0 Å². The summed E-state index contributed by atoms with van der Waals surface area (Å²) in [7, 11) is 0. The lowest BCUT2D eigenvalue weighted by Gasteiger charge is -2.53. The average Bonchev–Trinajstić information content (AvgIpc) is 3.76. The molecule has 0 heterocycles. The van der Waals surface area contributed by atoms with E-state index in [1.54, 1.807) is 17.0 Å². The lowest BCUT2D eigenvalue weighted by Crippen LogP contribution is -2.50. The predicted molar refractivity (Wildman–Crippen MR) is 238 cm³/mol. The number of allylic oxidation sites excluding steroid dienone is 16. The molecule has 4 saturated carbocycles. The molecule has 0 N–H and O–H groups in total. The fraction of sp³-hybridized carbons (Fsp3) is 0.564. The summed E-state index contributed by atoms with van der Waals surface area (Å²) >= 11 is 0. The van der Waals surface area contributed by atoms with Crippen molar-refractivity contribution in [2.45, 2.75) is 141 Å². The van der Waals surface area contributed by atoms with Crippen LogP contribution < -0.4 is 4.90 Å². The van der Waals surface area contributed by atoms with Crippen molar-refractivity contribution in [1.29, 1.82) is 0 Å². The molecule has 1 aromatic rings. The molecule has 1 spiro atoms. The van der Waals surface area contributed by atoms with Gasteiger partial charge >= 0.3 is 0 Å². The maximum Gasteiger partial charge on any atom is 0.0510 e. The molecular weight excluding hydrogens is 689 g/mol. The van der Waals surface area contributed by atoms with Crippen LogP contribution in [0.1, 0.15) is 128 Å². The largest absolute Gasteiger partial charge is 0.365 e. The molecule has 2 heteroatoms.